The van der Waals surface area contributed by atoms with E-state index in [9.17, 15) is 9.59 Å². The highest BCUT2D eigenvalue weighted by molar-refractivity contribution is 7.16. The topological polar surface area (TPSA) is 73.9 Å². The molecule has 0 aliphatic rings. The van der Waals surface area contributed by atoms with Crippen LogP contribution in [-0.2, 0) is 11.2 Å². The Morgan fingerprint density at radius 1 is 1.08 bits per heavy atom. The Kier molecular flexibility index (Phi) is 6.03. The highest BCUT2D eigenvalue weighted by atomic mass is 32.1. The van der Waals surface area contributed by atoms with Crippen molar-refractivity contribution in [1.29, 1.82) is 0 Å². The van der Waals surface area contributed by atoms with Crippen molar-refractivity contribution in [2.75, 3.05) is 26.6 Å². The molecule has 134 valence electrons. The van der Waals surface area contributed by atoms with E-state index in [2.05, 4.69) is 5.32 Å². The second-order valence-electron chi connectivity index (χ2n) is 5.18. The van der Waals surface area contributed by atoms with Crippen molar-refractivity contribution < 1.29 is 23.8 Å². The van der Waals surface area contributed by atoms with Crippen LogP contribution in [0.25, 0.3) is 0 Å². The molecule has 0 saturated carbocycles. The van der Waals surface area contributed by atoms with Crippen LogP contribution in [-0.4, -0.2) is 33.2 Å². The zero-order valence-electron chi connectivity index (χ0n) is 14.9. The highest BCUT2D eigenvalue weighted by Gasteiger charge is 2.25. The third kappa shape index (κ3) is 3.61. The molecule has 2 aromatic rings. The minimum Gasteiger partial charge on any atom is -0.496 e. The lowest BCUT2D eigenvalue weighted by Gasteiger charge is -2.13. The van der Waals surface area contributed by atoms with Crippen molar-refractivity contribution in [1.82, 2.24) is 0 Å². The second-order valence-corrected chi connectivity index (χ2v) is 6.40. The standard InChI is InChI=1S/C18H21NO5S/c1-6-11-10(2)25-17(14(11)18(21)24-5)19-16(20)15-12(22-3)8-7-9-13(15)23-4/h7-9H,6H2,1-5H3,(H,19,20). The van der Waals surface area contributed by atoms with E-state index in [1.807, 2.05) is 13.8 Å². The number of carbonyl (C=O) groups is 2. The van der Waals surface area contributed by atoms with Crippen molar-refractivity contribution in [3.63, 3.8) is 0 Å². The molecule has 0 unspecified atom stereocenters. The Hall–Kier alpha value is -2.54. The van der Waals surface area contributed by atoms with Crippen LogP contribution in [0, 0.1) is 6.92 Å². The average Bonchev–Trinajstić information content (AvgIpc) is 2.94. The minimum atomic E-state index is -0.469. The first-order valence-electron chi connectivity index (χ1n) is 7.71. The number of carbonyl (C=O) groups excluding carboxylic acids is 2. The Labute approximate surface area is 150 Å². The van der Waals surface area contributed by atoms with Crippen LogP contribution >= 0.6 is 11.3 Å². The fraction of sp³-hybridized carbons (Fsp3) is 0.333. The summed E-state index contributed by atoms with van der Waals surface area (Å²) in [5.74, 6) is -0.104. The van der Waals surface area contributed by atoms with Crippen molar-refractivity contribution in [3.05, 3.63) is 39.8 Å². The number of benzene rings is 1. The quantitative estimate of drug-likeness (QED) is 0.793. The Morgan fingerprint density at radius 2 is 1.68 bits per heavy atom. The van der Waals surface area contributed by atoms with Crippen LogP contribution in [0.15, 0.2) is 18.2 Å². The zero-order chi connectivity index (χ0) is 18.6. The third-order valence-corrected chi connectivity index (χ3v) is 4.90. The smallest absolute Gasteiger partial charge is 0.341 e. The van der Waals surface area contributed by atoms with Gasteiger partial charge >= 0.3 is 5.97 Å². The van der Waals surface area contributed by atoms with Gasteiger partial charge in [-0.25, -0.2) is 4.79 Å². The number of hydrogen-bond donors (Lipinski definition) is 1. The number of esters is 1. The Morgan fingerprint density at radius 3 is 2.16 bits per heavy atom. The van der Waals surface area contributed by atoms with Gasteiger partial charge in [-0.1, -0.05) is 13.0 Å². The van der Waals surface area contributed by atoms with Gasteiger partial charge < -0.3 is 19.5 Å². The van der Waals surface area contributed by atoms with Gasteiger partial charge in [0.2, 0.25) is 0 Å². The van der Waals surface area contributed by atoms with E-state index in [4.69, 9.17) is 14.2 Å². The molecule has 0 atom stereocenters. The van der Waals surface area contributed by atoms with E-state index in [-0.39, 0.29) is 5.56 Å². The summed E-state index contributed by atoms with van der Waals surface area (Å²) in [5.41, 5.74) is 1.54. The van der Waals surface area contributed by atoms with Crippen LogP contribution < -0.4 is 14.8 Å². The molecule has 0 fully saturated rings. The number of thiophene rings is 1. The van der Waals surface area contributed by atoms with Gasteiger partial charge in [-0.3, -0.25) is 4.79 Å². The largest absolute Gasteiger partial charge is 0.496 e. The number of hydrogen-bond acceptors (Lipinski definition) is 6. The zero-order valence-corrected chi connectivity index (χ0v) is 15.7. The normalized spacial score (nSPS) is 10.3. The predicted octanol–water partition coefficient (Wildman–Crippen LogP) is 3.68. The molecule has 0 radical (unpaired) electrons. The number of amides is 1. The van der Waals surface area contributed by atoms with Crippen molar-refractivity contribution in [2.24, 2.45) is 0 Å². The van der Waals surface area contributed by atoms with Crippen LogP contribution in [0.3, 0.4) is 0 Å². The number of methoxy groups -OCH3 is 3. The molecule has 7 heteroatoms. The van der Waals surface area contributed by atoms with Crippen LogP contribution in [0.2, 0.25) is 0 Å². The van der Waals surface area contributed by atoms with Crippen LogP contribution in [0.4, 0.5) is 5.00 Å². The van der Waals surface area contributed by atoms with Crippen molar-refractivity contribution >= 4 is 28.2 Å². The first-order valence-corrected chi connectivity index (χ1v) is 8.52. The van der Waals surface area contributed by atoms with Gasteiger partial charge in [-0.15, -0.1) is 11.3 Å². The van der Waals surface area contributed by atoms with Crippen molar-refractivity contribution in [3.8, 4) is 11.5 Å². The molecular weight excluding hydrogens is 342 g/mol. The molecule has 0 aliphatic carbocycles. The maximum absolute atomic E-state index is 12.8. The molecule has 1 aromatic carbocycles. The Bertz CT molecular complexity index is 775. The molecule has 1 amide bonds. The third-order valence-electron chi connectivity index (χ3n) is 3.83. The average molecular weight is 363 g/mol. The molecule has 0 bridgehead atoms. The molecule has 0 aliphatic heterocycles. The molecule has 1 heterocycles. The molecule has 0 saturated heterocycles. The minimum absolute atomic E-state index is 0.271. The van der Waals surface area contributed by atoms with E-state index >= 15 is 0 Å². The number of anilines is 1. The van der Waals surface area contributed by atoms with E-state index < -0.39 is 11.9 Å². The summed E-state index contributed by atoms with van der Waals surface area (Å²) in [6.45, 7) is 3.87. The highest BCUT2D eigenvalue weighted by Crippen LogP contribution is 2.36. The molecule has 0 spiro atoms. The number of nitrogens with one attached hydrogen (secondary N) is 1. The number of ether oxygens (including phenoxy) is 3. The summed E-state index contributed by atoms with van der Waals surface area (Å²) in [6.07, 6.45) is 0.667. The first kappa shape index (κ1) is 18.8. The summed E-state index contributed by atoms with van der Waals surface area (Å²) >= 11 is 1.34. The monoisotopic (exact) mass is 363 g/mol. The lowest BCUT2D eigenvalue weighted by molar-refractivity contribution is 0.0601. The van der Waals surface area contributed by atoms with Crippen LogP contribution in [0.5, 0.6) is 11.5 Å². The molecule has 6 nitrogen and oxygen atoms in total. The molecule has 1 N–H and O–H groups in total. The maximum Gasteiger partial charge on any atom is 0.341 e. The summed E-state index contributed by atoms with van der Waals surface area (Å²) < 4.78 is 15.4. The van der Waals surface area contributed by atoms with E-state index in [1.165, 1.54) is 32.7 Å². The summed E-state index contributed by atoms with van der Waals surface area (Å²) in [4.78, 5) is 26.0. The number of rotatable bonds is 6. The van der Waals surface area contributed by atoms with Crippen LogP contribution in [0.1, 0.15) is 38.1 Å². The van der Waals surface area contributed by atoms with E-state index in [0.29, 0.717) is 28.5 Å². The molecular formula is C18H21NO5S. The SMILES string of the molecule is CCc1c(C)sc(NC(=O)c2c(OC)cccc2OC)c1C(=O)OC. The lowest BCUT2D eigenvalue weighted by atomic mass is 10.1. The van der Waals surface area contributed by atoms with Gasteiger partial charge in [0.1, 0.15) is 22.1 Å². The molecule has 2 rings (SSSR count). The Balaban J connectivity index is 2.48. The van der Waals surface area contributed by atoms with Gasteiger partial charge in [0.05, 0.1) is 26.9 Å². The van der Waals surface area contributed by atoms with E-state index in [0.717, 1.165) is 10.4 Å². The van der Waals surface area contributed by atoms with Gasteiger partial charge in [0.15, 0.2) is 0 Å². The summed E-state index contributed by atoms with van der Waals surface area (Å²) in [6, 6.07) is 5.09. The van der Waals surface area contributed by atoms with Gasteiger partial charge in [0.25, 0.3) is 5.91 Å². The maximum atomic E-state index is 12.8. The van der Waals surface area contributed by atoms with Gasteiger partial charge in [0, 0.05) is 4.88 Å². The second kappa shape index (κ2) is 8.02. The van der Waals surface area contributed by atoms with Gasteiger partial charge in [-0.05, 0) is 31.0 Å². The lowest BCUT2D eigenvalue weighted by Crippen LogP contribution is -2.16. The van der Waals surface area contributed by atoms with Crippen molar-refractivity contribution in [2.45, 2.75) is 20.3 Å². The fourth-order valence-corrected chi connectivity index (χ4v) is 3.78. The number of aryl methyl sites for hydroxylation is 1. The predicted molar refractivity (Wildman–Crippen MR) is 97.3 cm³/mol. The fourth-order valence-electron chi connectivity index (χ4n) is 2.65. The first-order chi connectivity index (χ1) is 12.0. The summed E-state index contributed by atoms with van der Waals surface area (Å²) in [7, 11) is 4.29. The summed E-state index contributed by atoms with van der Waals surface area (Å²) in [5, 5.41) is 3.26. The molecule has 1 aromatic heterocycles. The van der Waals surface area contributed by atoms with Gasteiger partial charge in [-0.2, -0.15) is 0 Å². The van der Waals surface area contributed by atoms with E-state index in [1.54, 1.807) is 18.2 Å². The molecule has 25 heavy (non-hydrogen) atoms.